The zero-order valence-electron chi connectivity index (χ0n) is 21.6. The van der Waals surface area contributed by atoms with Gasteiger partial charge in [0, 0.05) is 51.4 Å². The Morgan fingerprint density at radius 1 is 1.12 bits per heavy atom. The van der Waals surface area contributed by atoms with Gasteiger partial charge in [0.25, 0.3) is 0 Å². The summed E-state index contributed by atoms with van der Waals surface area (Å²) in [5.41, 5.74) is 2.85. The number of carbonyl (C=O) groups excluding carboxylic acids is 1. The van der Waals surface area contributed by atoms with Crippen LogP contribution in [0.4, 0.5) is 10.2 Å². The highest BCUT2D eigenvalue weighted by atomic mass is 19.1. The van der Waals surface area contributed by atoms with Crippen LogP contribution >= 0.6 is 0 Å². The van der Waals surface area contributed by atoms with Crippen LogP contribution in [0.1, 0.15) is 45.9 Å². The van der Waals surface area contributed by atoms with Gasteiger partial charge >= 0.3 is 0 Å². The predicted molar refractivity (Wildman–Crippen MR) is 134 cm³/mol. The quantitative estimate of drug-likeness (QED) is 0.526. The summed E-state index contributed by atoms with van der Waals surface area (Å²) in [7, 11) is 1.55. The minimum Gasteiger partial charge on any atom is -0.375 e. The van der Waals surface area contributed by atoms with Crippen molar-refractivity contribution in [3.63, 3.8) is 0 Å². The zero-order valence-corrected chi connectivity index (χ0v) is 21.6. The van der Waals surface area contributed by atoms with E-state index in [2.05, 4.69) is 44.4 Å². The van der Waals surface area contributed by atoms with E-state index in [0.29, 0.717) is 25.0 Å². The van der Waals surface area contributed by atoms with Crippen molar-refractivity contribution in [2.45, 2.75) is 53.6 Å². The fourth-order valence-corrected chi connectivity index (χ4v) is 4.57. The van der Waals surface area contributed by atoms with Crippen molar-refractivity contribution in [3.8, 4) is 5.69 Å². The molecule has 0 saturated carbocycles. The molecule has 7 nitrogen and oxygen atoms in total. The Balaban J connectivity index is 2.06. The molecule has 34 heavy (non-hydrogen) atoms. The van der Waals surface area contributed by atoms with Crippen LogP contribution in [0.25, 0.3) is 5.69 Å². The molecule has 0 spiro atoms. The van der Waals surface area contributed by atoms with Gasteiger partial charge in [-0.25, -0.2) is 9.07 Å². The van der Waals surface area contributed by atoms with Crippen LogP contribution < -0.4 is 4.90 Å². The first kappa shape index (κ1) is 26.2. The molecule has 1 saturated heterocycles. The summed E-state index contributed by atoms with van der Waals surface area (Å²) < 4.78 is 20.8. The average molecular weight is 474 g/mol. The minimum absolute atomic E-state index is 0.0247. The van der Waals surface area contributed by atoms with Gasteiger partial charge in [-0.15, -0.1) is 0 Å². The number of halogens is 1. The fraction of sp³-hybridized carbons (Fsp3) is 0.615. The molecule has 188 valence electrons. The summed E-state index contributed by atoms with van der Waals surface area (Å²) >= 11 is 0. The molecule has 1 aliphatic heterocycles. The average Bonchev–Trinajstić information content (AvgIpc) is 3.17. The van der Waals surface area contributed by atoms with Crippen LogP contribution in [-0.2, 0) is 22.5 Å². The summed E-state index contributed by atoms with van der Waals surface area (Å²) in [4.78, 5) is 19.6. The minimum atomic E-state index is -0.271. The van der Waals surface area contributed by atoms with Crippen molar-refractivity contribution in [2.75, 3.05) is 51.3 Å². The lowest BCUT2D eigenvalue weighted by atomic mass is 10.1. The van der Waals surface area contributed by atoms with Crippen LogP contribution in [0.2, 0.25) is 0 Å². The third kappa shape index (κ3) is 6.16. The molecule has 1 aromatic heterocycles. The highest BCUT2D eigenvalue weighted by Gasteiger charge is 2.29. The summed E-state index contributed by atoms with van der Waals surface area (Å²) in [5, 5.41) is 4.97. The molecule has 8 heteroatoms. The van der Waals surface area contributed by atoms with E-state index in [9.17, 15) is 9.18 Å². The number of carbonyl (C=O) groups is 1. The summed E-state index contributed by atoms with van der Waals surface area (Å²) in [6.07, 6.45) is 0.747. The lowest BCUT2D eigenvalue weighted by molar-refractivity contribution is -0.136. The number of hydrogen-bond acceptors (Lipinski definition) is 5. The molecule has 2 aromatic rings. The van der Waals surface area contributed by atoms with E-state index in [0.717, 1.165) is 55.4 Å². The molecule has 1 aliphatic rings. The van der Waals surface area contributed by atoms with Crippen molar-refractivity contribution in [1.82, 2.24) is 19.6 Å². The van der Waals surface area contributed by atoms with Gasteiger partial charge < -0.3 is 14.5 Å². The Hall–Kier alpha value is -2.45. The van der Waals surface area contributed by atoms with E-state index in [4.69, 9.17) is 9.84 Å². The van der Waals surface area contributed by atoms with Gasteiger partial charge in [0.2, 0.25) is 5.91 Å². The number of ether oxygens (including phenoxy) is 1. The van der Waals surface area contributed by atoms with Crippen LogP contribution in [0, 0.1) is 11.7 Å². The number of piperazine rings is 1. The molecule has 3 rings (SSSR count). The second-order valence-electron chi connectivity index (χ2n) is 9.71. The fourth-order valence-electron chi connectivity index (χ4n) is 4.57. The highest BCUT2D eigenvalue weighted by molar-refractivity contribution is 5.77. The molecular formula is C26H40FN5O2. The van der Waals surface area contributed by atoms with Crippen molar-refractivity contribution < 1.29 is 13.9 Å². The van der Waals surface area contributed by atoms with Crippen LogP contribution in [0.3, 0.4) is 0 Å². The van der Waals surface area contributed by atoms with Gasteiger partial charge in [0.1, 0.15) is 18.2 Å². The highest BCUT2D eigenvalue weighted by Crippen LogP contribution is 2.31. The third-order valence-electron chi connectivity index (χ3n) is 6.34. The van der Waals surface area contributed by atoms with Crippen LogP contribution in [0.5, 0.6) is 0 Å². The number of aromatic nitrogens is 2. The smallest absolute Gasteiger partial charge is 0.248 e. The molecule has 0 bridgehead atoms. The Bertz CT molecular complexity index is 933. The van der Waals surface area contributed by atoms with Crippen molar-refractivity contribution in [2.24, 2.45) is 5.92 Å². The van der Waals surface area contributed by atoms with Crippen LogP contribution in [0.15, 0.2) is 24.3 Å². The van der Waals surface area contributed by atoms with E-state index >= 15 is 0 Å². The van der Waals surface area contributed by atoms with Gasteiger partial charge in [-0.3, -0.25) is 9.69 Å². The Morgan fingerprint density at radius 3 is 2.29 bits per heavy atom. The SMILES string of the molecule is CCc1nn(-c2ccc(F)cc2)c(N2CCN(C(C)C)CC2)c1CN(CC(C)C)C(=O)COC. The standard InChI is InChI=1S/C26H40FN5O2/c1-7-24-23(17-31(16-19(2)3)25(33)18-34-6)26(30-14-12-29(13-15-30)20(4)5)32(28-24)22-10-8-21(27)9-11-22/h8-11,19-20H,7,12-18H2,1-6H3. The number of aryl methyl sites for hydroxylation is 1. The van der Waals surface area contributed by atoms with E-state index in [1.807, 2.05) is 9.58 Å². The Morgan fingerprint density at radius 2 is 1.76 bits per heavy atom. The number of rotatable bonds is 10. The first-order chi connectivity index (χ1) is 16.2. The normalized spacial score (nSPS) is 14.9. The number of nitrogens with zero attached hydrogens (tertiary/aromatic N) is 5. The van der Waals surface area contributed by atoms with Crippen molar-refractivity contribution >= 4 is 11.7 Å². The van der Waals surface area contributed by atoms with Crippen molar-refractivity contribution in [1.29, 1.82) is 0 Å². The first-order valence-electron chi connectivity index (χ1n) is 12.4. The molecular weight excluding hydrogens is 433 g/mol. The molecule has 0 aliphatic carbocycles. The Kier molecular flexibility index (Phi) is 9.08. The number of methoxy groups -OCH3 is 1. The van der Waals surface area contributed by atoms with Gasteiger partial charge in [-0.2, -0.15) is 5.10 Å². The van der Waals surface area contributed by atoms with Gasteiger partial charge in [-0.1, -0.05) is 20.8 Å². The summed E-state index contributed by atoms with van der Waals surface area (Å²) in [6, 6.07) is 6.97. The number of amides is 1. The molecule has 1 fully saturated rings. The van der Waals surface area contributed by atoms with Gasteiger partial charge in [0.05, 0.1) is 17.9 Å². The molecule has 0 radical (unpaired) electrons. The van der Waals surface area contributed by atoms with Gasteiger partial charge in [-0.05, 0) is 50.5 Å². The maximum atomic E-state index is 13.7. The largest absolute Gasteiger partial charge is 0.375 e. The monoisotopic (exact) mass is 473 g/mol. The topological polar surface area (TPSA) is 53.8 Å². The third-order valence-corrected chi connectivity index (χ3v) is 6.34. The second-order valence-corrected chi connectivity index (χ2v) is 9.71. The van der Waals surface area contributed by atoms with Crippen LogP contribution in [-0.4, -0.2) is 78.0 Å². The predicted octanol–water partition coefficient (Wildman–Crippen LogP) is 3.74. The number of anilines is 1. The molecule has 0 N–H and O–H groups in total. The lowest BCUT2D eigenvalue weighted by Gasteiger charge is -2.38. The van der Waals surface area contributed by atoms with E-state index in [1.54, 1.807) is 19.2 Å². The molecule has 1 aromatic carbocycles. The van der Waals surface area contributed by atoms with E-state index in [-0.39, 0.29) is 18.3 Å². The van der Waals surface area contributed by atoms with E-state index in [1.165, 1.54) is 12.1 Å². The van der Waals surface area contributed by atoms with Gasteiger partial charge in [0.15, 0.2) is 0 Å². The molecule has 0 unspecified atom stereocenters. The number of hydrogen-bond donors (Lipinski definition) is 0. The maximum Gasteiger partial charge on any atom is 0.248 e. The molecule has 1 amide bonds. The summed E-state index contributed by atoms with van der Waals surface area (Å²) in [6.45, 7) is 15.6. The lowest BCUT2D eigenvalue weighted by Crippen LogP contribution is -2.49. The number of benzene rings is 1. The van der Waals surface area contributed by atoms with Crippen molar-refractivity contribution in [3.05, 3.63) is 41.3 Å². The molecule has 0 atom stereocenters. The second kappa shape index (κ2) is 11.8. The maximum absolute atomic E-state index is 13.7. The first-order valence-corrected chi connectivity index (χ1v) is 12.4. The zero-order chi connectivity index (χ0) is 24.8. The molecule has 2 heterocycles. The van der Waals surface area contributed by atoms with E-state index < -0.39 is 0 Å². The summed E-state index contributed by atoms with van der Waals surface area (Å²) in [5.74, 6) is 1.04. The Labute approximate surface area is 203 Å².